The minimum absolute atomic E-state index is 0.0901. The van der Waals surface area contributed by atoms with Gasteiger partial charge in [-0.3, -0.25) is 0 Å². The van der Waals surface area contributed by atoms with E-state index < -0.39 is 23.5 Å². The quantitative estimate of drug-likeness (QED) is 0.905. The summed E-state index contributed by atoms with van der Waals surface area (Å²) in [6, 6.07) is 7.20. The van der Waals surface area contributed by atoms with Crippen molar-refractivity contribution in [3.63, 3.8) is 0 Å². The Labute approximate surface area is 121 Å². The molecule has 0 bridgehead atoms. The molecule has 21 heavy (non-hydrogen) atoms. The van der Waals surface area contributed by atoms with Crippen molar-refractivity contribution in [1.82, 2.24) is 5.32 Å². The zero-order valence-electron chi connectivity index (χ0n) is 11.8. The van der Waals surface area contributed by atoms with E-state index in [2.05, 4.69) is 5.32 Å². The molecule has 0 saturated heterocycles. The van der Waals surface area contributed by atoms with Gasteiger partial charge in [0.1, 0.15) is 11.6 Å². The van der Waals surface area contributed by atoms with Gasteiger partial charge in [-0.1, -0.05) is 19.1 Å². The fraction of sp³-hybridized carbons (Fsp3) is 0.250. The molecule has 0 radical (unpaired) electrons. The van der Waals surface area contributed by atoms with Gasteiger partial charge < -0.3 is 10.1 Å². The molecule has 2 rings (SSSR count). The molecular formula is C16H16F3NO. The Bertz CT molecular complexity index is 611. The first-order valence-corrected chi connectivity index (χ1v) is 6.58. The lowest BCUT2D eigenvalue weighted by Crippen LogP contribution is -2.23. The van der Waals surface area contributed by atoms with Gasteiger partial charge in [-0.15, -0.1) is 0 Å². The maximum atomic E-state index is 14.4. The van der Waals surface area contributed by atoms with Crippen LogP contribution in [0.2, 0.25) is 0 Å². The van der Waals surface area contributed by atoms with Gasteiger partial charge in [0.05, 0.1) is 13.2 Å². The van der Waals surface area contributed by atoms with Gasteiger partial charge in [-0.2, -0.15) is 0 Å². The molecule has 0 aliphatic heterocycles. The van der Waals surface area contributed by atoms with Crippen LogP contribution in [0.5, 0.6) is 5.75 Å². The number of hydrogen-bond donors (Lipinski definition) is 1. The fourth-order valence-corrected chi connectivity index (χ4v) is 2.26. The number of hydrogen-bond acceptors (Lipinski definition) is 2. The van der Waals surface area contributed by atoms with Gasteiger partial charge in [0.15, 0.2) is 11.6 Å². The highest BCUT2D eigenvalue weighted by atomic mass is 19.1. The summed E-state index contributed by atoms with van der Waals surface area (Å²) < 4.78 is 46.1. The third-order valence-corrected chi connectivity index (χ3v) is 3.15. The van der Waals surface area contributed by atoms with Crippen LogP contribution in [0.1, 0.15) is 24.1 Å². The number of methoxy groups -OCH3 is 1. The maximum absolute atomic E-state index is 14.4. The standard InChI is InChI=1S/C16H16F3NO/c1-3-20-16(10-7-11(17)9-12(18)8-10)13-5-4-6-14(21-2)15(13)19/h4-9,16,20H,3H2,1-2H3. The highest BCUT2D eigenvalue weighted by Crippen LogP contribution is 2.30. The zero-order chi connectivity index (χ0) is 15.4. The minimum atomic E-state index is -0.698. The minimum Gasteiger partial charge on any atom is -0.494 e. The van der Waals surface area contributed by atoms with Crippen LogP contribution >= 0.6 is 0 Å². The summed E-state index contributed by atoms with van der Waals surface area (Å²) in [6.07, 6.45) is 0. The number of halogens is 3. The van der Waals surface area contributed by atoms with Gasteiger partial charge in [0.2, 0.25) is 0 Å². The number of rotatable bonds is 5. The molecule has 0 aliphatic carbocycles. The van der Waals surface area contributed by atoms with E-state index in [0.717, 1.165) is 6.07 Å². The van der Waals surface area contributed by atoms with Crippen molar-refractivity contribution in [1.29, 1.82) is 0 Å². The van der Waals surface area contributed by atoms with Crippen molar-refractivity contribution in [2.75, 3.05) is 13.7 Å². The summed E-state index contributed by atoms with van der Waals surface area (Å²) in [7, 11) is 1.37. The Kier molecular flexibility index (Phi) is 4.85. The predicted molar refractivity (Wildman–Crippen MR) is 74.8 cm³/mol. The summed E-state index contributed by atoms with van der Waals surface area (Å²) in [4.78, 5) is 0. The lowest BCUT2D eigenvalue weighted by molar-refractivity contribution is 0.381. The van der Waals surface area contributed by atoms with E-state index in [4.69, 9.17) is 4.74 Å². The summed E-state index contributed by atoms with van der Waals surface area (Å²) in [5, 5.41) is 3.03. The average Bonchev–Trinajstić information content (AvgIpc) is 2.44. The lowest BCUT2D eigenvalue weighted by Gasteiger charge is -2.20. The van der Waals surface area contributed by atoms with E-state index in [0.29, 0.717) is 12.1 Å². The van der Waals surface area contributed by atoms with Gasteiger partial charge in [0, 0.05) is 11.6 Å². The highest BCUT2D eigenvalue weighted by Gasteiger charge is 2.20. The first-order chi connectivity index (χ1) is 10.1. The smallest absolute Gasteiger partial charge is 0.170 e. The van der Waals surface area contributed by atoms with Crippen molar-refractivity contribution < 1.29 is 17.9 Å². The first kappa shape index (κ1) is 15.4. The zero-order valence-corrected chi connectivity index (χ0v) is 11.8. The van der Waals surface area contributed by atoms with Crippen LogP contribution in [0.3, 0.4) is 0 Å². The fourth-order valence-electron chi connectivity index (χ4n) is 2.26. The molecule has 0 aliphatic rings. The van der Waals surface area contributed by atoms with Crippen molar-refractivity contribution in [2.24, 2.45) is 0 Å². The molecule has 0 saturated carbocycles. The van der Waals surface area contributed by atoms with Gasteiger partial charge in [-0.05, 0) is 30.3 Å². The van der Waals surface area contributed by atoms with Crippen LogP contribution in [0.25, 0.3) is 0 Å². The Morgan fingerprint density at radius 1 is 1.10 bits per heavy atom. The van der Waals surface area contributed by atoms with Crippen LogP contribution in [0.4, 0.5) is 13.2 Å². The second kappa shape index (κ2) is 6.63. The molecule has 0 fully saturated rings. The normalized spacial score (nSPS) is 12.2. The SMILES string of the molecule is CCNC(c1cc(F)cc(F)c1)c1cccc(OC)c1F. The molecule has 2 aromatic carbocycles. The van der Waals surface area contributed by atoms with E-state index in [9.17, 15) is 13.2 Å². The molecule has 5 heteroatoms. The molecule has 2 aromatic rings. The van der Waals surface area contributed by atoms with E-state index in [1.165, 1.54) is 25.3 Å². The molecule has 2 nitrogen and oxygen atoms in total. The average molecular weight is 295 g/mol. The molecule has 0 amide bonds. The van der Waals surface area contributed by atoms with Crippen LogP contribution in [0.15, 0.2) is 36.4 Å². The first-order valence-electron chi connectivity index (χ1n) is 6.58. The summed E-state index contributed by atoms with van der Waals surface area (Å²) in [5.74, 6) is -1.85. The third kappa shape index (κ3) is 3.36. The van der Waals surface area contributed by atoms with Crippen molar-refractivity contribution in [3.8, 4) is 5.75 Å². The molecule has 0 aromatic heterocycles. The summed E-state index contributed by atoms with van der Waals surface area (Å²) in [5.41, 5.74) is 0.600. The largest absolute Gasteiger partial charge is 0.494 e. The molecular weight excluding hydrogens is 279 g/mol. The number of nitrogens with one attached hydrogen (secondary N) is 1. The second-order valence-electron chi connectivity index (χ2n) is 4.56. The molecule has 0 spiro atoms. The van der Waals surface area contributed by atoms with Gasteiger partial charge >= 0.3 is 0 Å². The van der Waals surface area contributed by atoms with Gasteiger partial charge in [-0.25, -0.2) is 13.2 Å². The molecule has 1 atom stereocenters. The Balaban J connectivity index is 2.53. The van der Waals surface area contributed by atoms with Crippen LogP contribution < -0.4 is 10.1 Å². The number of benzene rings is 2. The van der Waals surface area contributed by atoms with Crippen molar-refractivity contribution in [3.05, 3.63) is 65.0 Å². The Morgan fingerprint density at radius 2 is 1.76 bits per heavy atom. The third-order valence-electron chi connectivity index (χ3n) is 3.15. The Hall–Kier alpha value is -2.01. The monoisotopic (exact) mass is 295 g/mol. The van der Waals surface area contributed by atoms with E-state index in [-0.39, 0.29) is 11.3 Å². The van der Waals surface area contributed by atoms with Gasteiger partial charge in [0.25, 0.3) is 0 Å². The molecule has 1 N–H and O–H groups in total. The van der Waals surface area contributed by atoms with E-state index >= 15 is 0 Å². The van der Waals surface area contributed by atoms with Crippen molar-refractivity contribution >= 4 is 0 Å². The van der Waals surface area contributed by atoms with E-state index in [1.54, 1.807) is 12.1 Å². The van der Waals surface area contributed by atoms with Crippen LogP contribution in [0, 0.1) is 17.5 Å². The van der Waals surface area contributed by atoms with Crippen molar-refractivity contribution in [2.45, 2.75) is 13.0 Å². The maximum Gasteiger partial charge on any atom is 0.170 e. The summed E-state index contributed by atoms with van der Waals surface area (Å²) in [6.45, 7) is 2.35. The summed E-state index contributed by atoms with van der Waals surface area (Å²) >= 11 is 0. The molecule has 112 valence electrons. The highest BCUT2D eigenvalue weighted by molar-refractivity contribution is 5.38. The van der Waals surface area contributed by atoms with Crippen LogP contribution in [-0.4, -0.2) is 13.7 Å². The predicted octanol–water partition coefficient (Wildman–Crippen LogP) is 3.81. The molecule has 0 heterocycles. The second-order valence-corrected chi connectivity index (χ2v) is 4.56. The Morgan fingerprint density at radius 3 is 2.33 bits per heavy atom. The topological polar surface area (TPSA) is 21.3 Å². The molecule has 1 unspecified atom stereocenters. The van der Waals surface area contributed by atoms with E-state index in [1.807, 2.05) is 6.92 Å². The number of ether oxygens (including phenoxy) is 1. The lowest BCUT2D eigenvalue weighted by atomic mass is 9.97. The van der Waals surface area contributed by atoms with Crippen LogP contribution in [-0.2, 0) is 0 Å².